The van der Waals surface area contributed by atoms with Crippen molar-refractivity contribution < 1.29 is 70.5 Å². The molecule has 0 radical (unpaired) electrons. The van der Waals surface area contributed by atoms with E-state index in [1.807, 2.05) is 0 Å². The van der Waals surface area contributed by atoms with Crippen molar-refractivity contribution in [3.63, 3.8) is 0 Å². The molecule has 0 aromatic rings. The molecule has 110 heavy (non-hydrogen) atoms. The average molecular weight is 1600 g/mol. The topological polar surface area (TPSA) is 263 Å². The highest BCUT2D eigenvalue weighted by atomic mass is 31.2. The van der Waals surface area contributed by atoms with Crippen LogP contribution in [0.2, 0.25) is 0 Å². The zero-order valence-corrected chi connectivity index (χ0v) is 74.0. The second-order valence-electron chi connectivity index (χ2n) is 32.2. The third-order valence-corrected chi connectivity index (χ3v) is 23.4. The summed E-state index contributed by atoms with van der Waals surface area (Å²) >= 11 is 0. The van der Waals surface area contributed by atoms with Gasteiger partial charge in [-0.1, -0.05) is 388 Å². The SMILES string of the molecule is CCCCCCCCCCCCCC(=O)NC(CCCCCCCCC)CCC(COP(=O)(O)OCCNC(=O)NCCOP(=O)(O)OCC(CCC(CCCCCCCCC)NC(=O)CCCCCCCCCCCCC)OC(=O)CCCCCCCCCCCCC)OC(=O)CCCCCCCCCCCCC. The van der Waals surface area contributed by atoms with E-state index in [-0.39, 0.29) is 49.8 Å². The number of phosphoric acid groups is 2. The van der Waals surface area contributed by atoms with Gasteiger partial charge in [-0.05, 0) is 64.2 Å². The monoisotopic (exact) mass is 1600 g/mol. The lowest BCUT2D eigenvalue weighted by Gasteiger charge is -2.24. The van der Waals surface area contributed by atoms with Crippen LogP contribution < -0.4 is 21.3 Å². The van der Waals surface area contributed by atoms with Crippen LogP contribution >= 0.6 is 15.6 Å². The summed E-state index contributed by atoms with van der Waals surface area (Å²) in [6.45, 7) is 11.3. The molecule has 0 aliphatic rings. The van der Waals surface area contributed by atoms with E-state index in [0.29, 0.717) is 51.4 Å². The van der Waals surface area contributed by atoms with Gasteiger partial charge in [0.05, 0.1) is 26.4 Å². The Morgan fingerprint density at radius 3 is 0.736 bits per heavy atom. The highest BCUT2D eigenvalue weighted by Crippen LogP contribution is 2.44. The van der Waals surface area contributed by atoms with Crippen molar-refractivity contribution in [2.75, 3.05) is 39.5 Å². The maximum absolute atomic E-state index is 13.4. The van der Waals surface area contributed by atoms with Gasteiger partial charge in [-0.25, -0.2) is 13.9 Å². The van der Waals surface area contributed by atoms with E-state index in [4.69, 9.17) is 27.6 Å². The van der Waals surface area contributed by atoms with Crippen molar-refractivity contribution in [2.24, 2.45) is 0 Å². The molecule has 0 saturated heterocycles. The van der Waals surface area contributed by atoms with Crippen LogP contribution in [0.4, 0.5) is 4.79 Å². The second-order valence-corrected chi connectivity index (χ2v) is 35.2. The molecule has 19 nitrogen and oxygen atoms in total. The zero-order valence-electron chi connectivity index (χ0n) is 72.2. The van der Waals surface area contributed by atoms with Crippen LogP contribution in [0.3, 0.4) is 0 Å². The molecule has 21 heteroatoms. The Morgan fingerprint density at radius 2 is 0.491 bits per heavy atom. The minimum absolute atomic E-state index is 0.0166. The first kappa shape index (κ1) is 107. The summed E-state index contributed by atoms with van der Waals surface area (Å²) in [5, 5.41) is 11.7. The Labute approximate surface area is 675 Å². The summed E-state index contributed by atoms with van der Waals surface area (Å²) in [4.78, 5) is 88.3. The molecule has 0 heterocycles. The minimum atomic E-state index is -4.72. The van der Waals surface area contributed by atoms with Crippen molar-refractivity contribution in [2.45, 2.75) is 502 Å². The Morgan fingerprint density at radius 1 is 0.273 bits per heavy atom. The molecule has 6 N–H and O–H groups in total. The summed E-state index contributed by atoms with van der Waals surface area (Å²) in [6, 6.07) is -1.04. The minimum Gasteiger partial charge on any atom is -0.460 e. The smallest absolute Gasteiger partial charge is 0.460 e. The van der Waals surface area contributed by atoms with Crippen LogP contribution in [-0.2, 0) is 55.9 Å². The van der Waals surface area contributed by atoms with E-state index in [1.165, 1.54) is 244 Å². The summed E-state index contributed by atoms with van der Waals surface area (Å²) in [5.74, 6) is -0.781. The highest BCUT2D eigenvalue weighted by Gasteiger charge is 2.29. The molecule has 0 aliphatic heterocycles. The quantitative estimate of drug-likeness (QED) is 0.0188. The Balaban J connectivity index is 5.80. The molecule has 652 valence electrons. The Kier molecular flexibility index (Phi) is 79.6. The fourth-order valence-electron chi connectivity index (χ4n) is 14.4. The molecule has 6 atom stereocenters. The van der Waals surface area contributed by atoms with Gasteiger partial charge in [0.2, 0.25) is 11.8 Å². The number of nitrogens with one attached hydrogen (secondary N) is 4. The molecule has 0 saturated carbocycles. The molecule has 0 spiro atoms. The normalized spacial score (nSPS) is 13.8. The van der Waals surface area contributed by atoms with E-state index < -0.39 is 72.3 Å². The number of hydrogen-bond donors (Lipinski definition) is 6. The number of amides is 4. The van der Waals surface area contributed by atoms with E-state index in [1.54, 1.807) is 0 Å². The fraction of sp³-hybridized carbons (Fsp3) is 0.944. The van der Waals surface area contributed by atoms with Crippen molar-refractivity contribution in [1.82, 2.24) is 21.3 Å². The van der Waals surface area contributed by atoms with Crippen molar-refractivity contribution in [3.05, 3.63) is 0 Å². The van der Waals surface area contributed by atoms with Gasteiger partial charge in [0.25, 0.3) is 0 Å². The summed E-state index contributed by atoms with van der Waals surface area (Å²) in [7, 11) is -9.44. The standard InChI is InChI=1S/C89H176N4O15P2/c1-7-13-19-25-31-35-39-43-49-55-61-67-85(94)92-81(65-59-53-47-29-23-17-11-5)71-73-83(107-87(96)69-63-57-51-45-41-37-33-27-21-15-9-3)79-105-109(99,100)103-77-75-90-89(98)91-76-78-104-110(101,102)106-80-84(108-88(97)70-64-58-52-46-42-38-34-28-22-16-10-4)74-72-82(66-60-54-48-30-24-18-12-6)93-86(95)68-62-56-50-44-40-36-32-26-20-14-8-2/h81-84H,7-80H2,1-6H3,(H,92,94)(H,93,95)(H,99,100)(H,101,102)(H2,90,91,98). The molecule has 0 aromatic heterocycles. The number of esters is 2. The number of unbranched alkanes of at least 4 members (excludes halogenated alkanes) is 52. The van der Waals surface area contributed by atoms with Crippen LogP contribution in [0.5, 0.6) is 0 Å². The number of phosphoric ester groups is 2. The molecule has 0 aliphatic carbocycles. The third-order valence-electron chi connectivity index (χ3n) is 21.4. The fourth-order valence-corrected chi connectivity index (χ4v) is 15.9. The van der Waals surface area contributed by atoms with Crippen LogP contribution in [-0.4, -0.2) is 103 Å². The van der Waals surface area contributed by atoms with Gasteiger partial charge in [0.1, 0.15) is 12.2 Å². The van der Waals surface area contributed by atoms with Crippen LogP contribution in [0.25, 0.3) is 0 Å². The highest BCUT2D eigenvalue weighted by molar-refractivity contribution is 7.47. The summed E-state index contributed by atoms with van der Waals surface area (Å²) in [6.07, 6.45) is 70.2. The van der Waals surface area contributed by atoms with Gasteiger partial charge in [-0.2, -0.15) is 0 Å². The maximum Gasteiger partial charge on any atom is 0.472 e. The van der Waals surface area contributed by atoms with E-state index >= 15 is 0 Å². The predicted molar refractivity (Wildman–Crippen MR) is 456 cm³/mol. The lowest BCUT2D eigenvalue weighted by Crippen LogP contribution is -2.38. The van der Waals surface area contributed by atoms with Gasteiger partial charge in [-0.3, -0.25) is 37.3 Å². The van der Waals surface area contributed by atoms with Crippen LogP contribution in [0.15, 0.2) is 0 Å². The number of hydrogen-bond acceptors (Lipinski definition) is 13. The molecular weight excluding hydrogens is 1430 g/mol. The van der Waals surface area contributed by atoms with Crippen molar-refractivity contribution in [1.29, 1.82) is 0 Å². The van der Waals surface area contributed by atoms with Gasteiger partial charge in [-0.15, -0.1) is 0 Å². The number of carbonyl (C=O) groups excluding carboxylic acids is 5. The first-order valence-corrected chi connectivity index (χ1v) is 49.7. The van der Waals surface area contributed by atoms with Crippen LogP contribution in [0, 0.1) is 0 Å². The Bertz CT molecular complexity index is 2020. The van der Waals surface area contributed by atoms with Crippen molar-refractivity contribution >= 4 is 45.4 Å². The molecular formula is C89H176N4O15P2. The summed E-state index contributed by atoms with van der Waals surface area (Å²) < 4.78 is 60.1. The number of carbonyl (C=O) groups is 5. The van der Waals surface area contributed by atoms with Crippen LogP contribution in [0.1, 0.15) is 478 Å². The number of urea groups is 1. The Hall–Kier alpha value is -2.63. The van der Waals surface area contributed by atoms with E-state index in [9.17, 15) is 42.9 Å². The largest absolute Gasteiger partial charge is 0.472 e. The molecule has 0 aromatic carbocycles. The molecule has 4 amide bonds. The van der Waals surface area contributed by atoms with Gasteiger partial charge in [0, 0.05) is 50.9 Å². The van der Waals surface area contributed by atoms with E-state index in [0.717, 1.165) is 128 Å². The zero-order chi connectivity index (χ0) is 80.6. The molecule has 0 rings (SSSR count). The average Bonchev–Trinajstić information content (AvgIpc) is 0.908. The lowest BCUT2D eigenvalue weighted by molar-refractivity contribution is -0.152. The van der Waals surface area contributed by atoms with Gasteiger partial charge < -0.3 is 40.5 Å². The molecule has 6 unspecified atom stereocenters. The van der Waals surface area contributed by atoms with Crippen molar-refractivity contribution in [3.8, 4) is 0 Å². The number of ether oxygens (including phenoxy) is 2. The second kappa shape index (κ2) is 81.5. The molecule has 0 fully saturated rings. The lowest BCUT2D eigenvalue weighted by atomic mass is 10.00. The van der Waals surface area contributed by atoms with E-state index in [2.05, 4.69) is 62.8 Å². The van der Waals surface area contributed by atoms with Gasteiger partial charge >= 0.3 is 33.6 Å². The third kappa shape index (κ3) is 77.9. The van der Waals surface area contributed by atoms with Gasteiger partial charge in [0.15, 0.2) is 0 Å². The first-order valence-electron chi connectivity index (χ1n) is 46.8. The number of rotatable bonds is 88. The maximum atomic E-state index is 13.4. The predicted octanol–water partition coefficient (Wildman–Crippen LogP) is 26.0. The first-order chi connectivity index (χ1) is 53.5. The molecule has 0 bridgehead atoms. The summed E-state index contributed by atoms with van der Waals surface area (Å²) in [5.41, 5.74) is 0.